The van der Waals surface area contributed by atoms with Crippen molar-refractivity contribution in [2.45, 2.75) is 63.9 Å². The second-order valence-corrected chi connectivity index (χ2v) is 9.67. The van der Waals surface area contributed by atoms with Crippen LogP contribution in [-0.2, 0) is 23.4 Å². The Labute approximate surface area is 196 Å². The standard InChI is InChI=1S/C19H30FN7O6P/c1-9(2)32-16(29)10(3)25-34(30)31-7-11-13(28)19(4,20)17(33-11)27-8-22-12-14(26(5)6)23-18(21)24-15(12)27/h8-11,13,17,28H,7H2,1-6H3,(H,25,30)(H2,21,23,24)/q+1/t10-,11?,13+,17+,19+/m0/s1. The van der Waals surface area contributed by atoms with E-state index in [9.17, 15) is 14.5 Å². The number of esters is 1. The van der Waals surface area contributed by atoms with Gasteiger partial charge in [-0.25, -0.2) is 9.37 Å². The molecule has 0 radical (unpaired) electrons. The smallest absolute Gasteiger partial charge is 0.462 e. The van der Waals surface area contributed by atoms with Gasteiger partial charge in [0.25, 0.3) is 0 Å². The fraction of sp³-hybridized carbons (Fsp3) is 0.684. The van der Waals surface area contributed by atoms with E-state index in [0.29, 0.717) is 11.3 Å². The zero-order valence-corrected chi connectivity index (χ0v) is 20.7. The Morgan fingerprint density at radius 2 is 2.12 bits per heavy atom. The van der Waals surface area contributed by atoms with Crippen LogP contribution in [0.2, 0.25) is 0 Å². The zero-order chi connectivity index (χ0) is 25.4. The van der Waals surface area contributed by atoms with Crippen molar-refractivity contribution in [1.29, 1.82) is 0 Å². The molecule has 0 spiro atoms. The Morgan fingerprint density at radius 1 is 1.44 bits per heavy atom. The van der Waals surface area contributed by atoms with Crippen LogP contribution in [-0.4, -0.2) is 81.3 Å². The van der Waals surface area contributed by atoms with Gasteiger partial charge in [-0.3, -0.25) is 9.36 Å². The number of ether oxygens (including phenoxy) is 2. The largest absolute Gasteiger partial charge is 0.613 e. The monoisotopic (exact) mass is 502 g/mol. The topological polar surface area (TPSA) is 167 Å². The van der Waals surface area contributed by atoms with Gasteiger partial charge in [0.15, 0.2) is 28.9 Å². The van der Waals surface area contributed by atoms with Crippen LogP contribution < -0.4 is 15.7 Å². The summed E-state index contributed by atoms with van der Waals surface area (Å²) in [7, 11) is 0.979. The van der Waals surface area contributed by atoms with Crippen molar-refractivity contribution in [2.24, 2.45) is 0 Å². The van der Waals surface area contributed by atoms with E-state index in [4.69, 9.17) is 19.7 Å². The van der Waals surface area contributed by atoms with Crippen LogP contribution in [0.5, 0.6) is 0 Å². The van der Waals surface area contributed by atoms with E-state index in [1.54, 1.807) is 32.8 Å². The number of carbonyl (C=O) groups is 1. The molecule has 1 aliphatic heterocycles. The minimum atomic E-state index is -2.52. The van der Waals surface area contributed by atoms with Gasteiger partial charge < -0.3 is 25.2 Å². The van der Waals surface area contributed by atoms with Gasteiger partial charge >= 0.3 is 14.1 Å². The molecule has 15 heteroatoms. The number of hydrogen-bond acceptors (Lipinski definition) is 11. The lowest BCUT2D eigenvalue weighted by Crippen LogP contribution is -2.40. The molecule has 3 heterocycles. The molecule has 0 aliphatic carbocycles. The number of aromatic nitrogens is 4. The average Bonchev–Trinajstić information content (AvgIpc) is 3.23. The molecular formula is C19H30FN7O6P+. The van der Waals surface area contributed by atoms with Crippen LogP contribution in [0.3, 0.4) is 0 Å². The van der Waals surface area contributed by atoms with Crippen molar-refractivity contribution in [1.82, 2.24) is 24.6 Å². The summed E-state index contributed by atoms with van der Waals surface area (Å²) in [5.74, 6) is -0.195. The molecule has 6 atom stereocenters. The Kier molecular flexibility index (Phi) is 7.68. The van der Waals surface area contributed by atoms with Crippen LogP contribution in [0.15, 0.2) is 6.33 Å². The molecule has 0 bridgehead atoms. The number of fused-ring (bicyclic) bond motifs is 1. The average molecular weight is 502 g/mol. The van der Waals surface area contributed by atoms with Gasteiger partial charge in [0, 0.05) is 14.1 Å². The Bertz CT molecular complexity index is 1070. The lowest BCUT2D eigenvalue weighted by Gasteiger charge is -2.24. The highest BCUT2D eigenvalue weighted by molar-refractivity contribution is 7.36. The molecule has 0 amide bonds. The van der Waals surface area contributed by atoms with Crippen molar-refractivity contribution in [3.05, 3.63) is 6.33 Å². The molecule has 3 rings (SSSR count). The van der Waals surface area contributed by atoms with Gasteiger partial charge in [-0.1, -0.05) is 5.09 Å². The van der Waals surface area contributed by atoms with E-state index in [1.807, 2.05) is 0 Å². The van der Waals surface area contributed by atoms with E-state index >= 15 is 4.39 Å². The summed E-state index contributed by atoms with van der Waals surface area (Å²) in [5.41, 5.74) is 4.15. The van der Waals surface area contributed by atoms with E-state index < -0.39 is 50.9 Å². The molecule has 2 unspecified atom stereocenters. The fourth-order valence-electron chi connectivity index (χ4n) is 3.48. The molecule has 0 aromatic carbocycles. The Hall–Kier alpha value is -2.51. The molecule has 13 nitrogen and oxygen atoms in total. The van der Waals surface area contributed by atoms with Crippen molar-refractivity contribution < 1.29 is 32.9 Å². The van der Waals surface area contributed by atoms with Crippen LogP contribution >= 0.6 is 8.18 Å². The van der Waals surface area contributed by atoms with Gasteiger partial charge in [-0.2, -0.15) is 9.97 Å². The maximum absolute atomic E-state index is 15.6. The van der Waals surface area contributed by atoms with Crippen LogP contribution in [0.1, 0.15) is 33.9 Å². The third kappa shape index (κ3) is 5.26. The Balaban J connectivity index is 1.73. The van der Waals surface area contributed by atoms with E-state index in [0.717, 1.165) is 0 Å². The normalized spacial score (nSPS) is 26.1. The second-order valence-electron chi connectivity index (χ2n) is 8.64. The SMILES string of the molecule is CC(C)OC(=O)[C@H](C)N[P+](=O)OCC1O[C@@H](n2cnc3c(N(C)C)nc(N)nc32)[C@](C)(F)[C@@H]1O. The van der Waals surface area contributed by atoms with Gasteiger partial charge in [-0.05, 0) is 32.3 Å². The summed E-state index contributed by atoms with van der Waals surface area (Å²) in [6.45, 7) is 5.62. The molecule has 0 saturated carbocycles. The fourth-order valence-corrected chi connectivity index (χ4v) is 4.25. The number of aliphatic hydroxyl groups is 1. The minimum Gasteiger partial charge on any atom is -0.462 e. The van der Waals surface area contributed by atoms with Crippen molar-refractivity contribution in [3.8, 4) is 0 Å². The molecule has 34 heavy (non-hydrogen) atoms. The molecule has 2 aromatic heterocycles. The van der Waals surface area contributed by atoms with E-state index in [2.05, 4.69) is 20.0 Å². The van der Waals surface area contributed by atoms with Gasteiger partial charge in [0.1, 0.15) is 24.9 Å². The zero-order valence-electron chi connectivity index (χ0n) is 19.8. The number of alkyl halides is 1. The first kappa shape index (κ1) is 26.1. The molecular weight excluding hydrogens is 472 g/mol. The number of nitrogens with one attached hydrogen (secondary N) is 1. The number of rotatable bonds is 9. The van der Waals surface area contributed by atoms with Crippen LogP contribution in [0.4, 0.5) is 16.2 Å². The summed E-state index contributed by atoms with van der Waals surface area (Å²) >= 11 is 0. The molecule has 1 saturated heterocycles. The highest BCUT2D eigenvalue weighted by Gasteiger charge is 2.56. The maximum Gasteiger partial charge on any atom is 0.613 e. The lowest BCUT2D eigenvalue weighted by molar-refractivity contribution is -0.149. The first-order valence-electron chi connectivity index (χ1n) is 10.6. The summed E-state index contributed by atoms with van der Waals surface area (Å²) in [6.07, 6.45) is -3.10. The van der Waals surface area contributed by atoms with E-state index in [-0.39, 0.29) is 17.7 Å². The number of hydrogen-bond donors (Lipinski definition) is 3. The molecule has 188 valence electrons. The predicted molar refractivity (Wildman–Crippen MR) is 121 cm³/mol. The molecule has 1 aliphatic rings. The lowest BCUT2D eigenvalue weighted by atomic mass is 9.98. The molecule has 2 aromatic rings. The van der Waals surface area contributed by atoms with Crippen molar-refractivity contribution >= 4 is 37.1 Å². The summed E-state index contributed by atoms with van der Waals surface area (Å²) in [5, 5.41) is 13.0. The highest BCUT2D eigenvalue weighted by Crippen LogP contribution is 2.43. The summed E-state index contributed by atoms with van der Waals surface area (Å²) < 4.78 is 45.1. The first-order valence-corrected chi connectivity index (χ1v) is 11.8. The molecule has 4 N–H and O–H groups in total. The number of aliphatic hydroxyl groups excluding tert-OH is 1. The van der Waals surface area contributed by atoms with Gasteiger partial charge in [0.05, 0.1) is 12.4 Å². The highest BCUT2D eigenvalue weighted by atomic mass is 31.1. The number of carbonyl (C=O) groups excluding carboxylic acids is 1. The van der Waals surface area contributed by atoms with Crippen molar-refractivity contribution in [2.75, 3.05) is 31.3 Å². The summed E-state index contributed by atoms with van der Waals surface area (Å²) in [6, 6.07) is -0.895. The number of nitrogen functional groups attached to an aromatic ring is 1. The maximum atomic E-state index is 15.6. The van der Waals surface area contributed by atoms with Crippen LogP contribution in [0.25, 0.3) is 11.2 Å². The number of imidazole rings is 1. The third-order valence-corrected chi connectivity index (χ3v) is 6.16. The molecule has 1 fully saturated rings. The first-order chi connectivity index (χ1) is 15.8. The second kappa shape index (κ2) is 10.0. The quantitative estimate of drug-likeness (QED) is 0.330. The van der Waals surface area contributed by atoms with Crippen molar-refractivity contribution in [3.63, 3.8) is 0 Å². The number of halogens is 1. The third-order valence-electron chi connectivity index (χ3n) is 5.17. The van der Waals surface area contributed by atoms with Crippen LogP contribution in [0, 0.1) is 0 Å². The van der Waals surface area contributed by atoms with Gasteiger partial charge in [0.2, 0.25) is 5.95 Å². The predicted octanol–water partition coefficient (Wildman–Crippen LogP) is 1.06. The Morgan fingerprint density at radius 3 is 2.74 bits per heavy atom. The summed E-state index contributed by atoms with van der Waals surface area (Å²) in [4.78, 5) is 26.1. The van der Waals surface area contributed by atoms with Gasteiger partial charge in [-0.15, -0.1) is 4.52 Å². The minimum absolute atomic E-state index is 0.0369. The number of nitrogens with two attached hydrogens (primary N) is 1. The number of anilines is 2. The van der Waals surface area contributed by atoms with E-state index in [1.165, 1.54) is 24.7 Å². The number of nitrogens with zero attached hydrogens (tertiary/aromatic N) is 5.